The van der Waals surface area contributed by atoms with Crippen LogP contribution in [0.4, 0.5) is 5.69 Å². The molecule has 2 aromatic rings. The Bertz CT molecular complexity index is 800. The van der Waals surface area contributed by atoms with Gasteiger partial charge in [-0.05, 0) is 49.2 Å². The predicted molar refractivity (Wildman–Crippen MR) is 100 cm³/mol. The van der Waals surface area contributed by atoms with Crippen molar-refractivity contribution in [3.63, 3.8) is 0 Å². The van der Waals surface area contributed by atoms with E-state index in [-0.39, 0.29) is 12.5 Å². The van der Waals surface area contributed by atoms with Crippen LogP contribution < -0.4 is 14.8 Å². The molecule has 1 N–H and O–H groups in total. The summed E-state index contributed by atoms with van der Waals surface area (Å²) in [6.07, 6.45) is 0.963. The highest BCUT2D eigenvalue weighted by Gasteiger charge is 2.13. The van der Waals surface area contributed by atoms with Crippen molar-refractivity contribution in [1.29, 1.82) is 0 Å². The summed E-state index contributed by atoms with van der Waals surface area (Å²) in [6.45, 7) is 4.83. The van der Waals surface area contributed by atoms with E-state index in [0.29, 0.717) is 24.7 Å². The average Bonchev–Trinajstić information content (AvgIpc) is 2.68. The highest BCUT2D eigenvalue weighted by Crippen LogP contribution is 2.30. The standard InChI is InChI=1S/C20H22N2O4/c1-3-15-4-7-17(8-5-15)21-20(23)13-26-22-14(2)16-6-9-18-19(12-16)25-11-10-24-18/h4-9,12H,3,10-11,13H2,1-2H3,(H,21,23)/b22-14+. The number of hydrogen-bond acceptors (Lipinski definition) is 5. The molecule has 1 amide bonds. The summed E-state index contributed by atoms with van der Waals surface area (Å²) in [5.41, 5.74) is 3.47. The second-order valence-corrected chi connectivity index (χ2v) is 5.91. The van der Waals surface area contributed by atoms with Gasteiger partial charge in [-0.3, -0.25) is 4.79 Å². The molecule has 1 aliphatic heterocycles. The van der Waals surface area contributed by atoms with Gasteiger partial charge in [-0.15, -0.1) is 0 Å². The normalized spacial score (nSPS) is 13.2. The van der Waals surface area contributed by atoms with Crippen molar-refractivity contribution in [2.75, 3.05) is 25.1 Å². The van der Waals surface area contributed by atoms with E-state index in [1.165, 1.54) is 5.56 Å². The number of nitrogens with zero attached hydrogens (tertiary/aromatic N) is 1. The molecule has 1 heterocycles. The number of anilines is 1. The largest absolute Gasteiger partial charge is 0.486 e. The van der Waals surface area contributed by atoms with Crippen molar-refractivity contribution < 1.29 is 19.1 Å². The van der Waals surface area contributed by atoms with E-state index in [0.717, 1.165) is 23.4 Å². The van der Waals surface area contributed by atoms with Crippen LogP contribution in [0.2, 0.25) is 0 Å². The third kappa shape index (κ3) is 4.53. The van der Waals surface area contributed by atoms with E-state index in [1.807, 2.05) is 49.4 Å². The van der Waals surface area contributed by atoms with Gasteiger partial charge in [0.15, 0.2) is 18.1 Å². The lowest BCUT2D eigenvalue weighted by Crippen LogP contribution is -2.17. The smallest absolute Gasteiger partial charge is 0.265 e. The molecule has 0 spiro atoms. The van der Waals surface area contributed by atoms with Crippen LogP contribution >= 0.6 is 0 Å². The summed E-state index contributed by atoms with van der Waals surface area (Å²) in [5.74, 6) is 1.16. The van der Waals surface area contributed by atoms with Crippen molar-refractivity contribution in [2.24, 2.45) is 5.16 Å². The van der Waals surface area contributed by atoms with Gasteiger partial charge in [-0.1, -0.05) is 24.2 Å². The first-order valence-corrected chi connectivity index (χ1v) is 8.61. The van der Waals surface area contributed by atoms with Crippen LogP contribution in [0, 0.1) is 0 Å². The molecule has 0 saturated heterocycles. The molecular formula is C20H22N2O4. The summed E-state index contributed by atoms with van der Waals surface area (Å²) in [6, 6.07) is 13.3. The molecule has 6 nitrogen and oxygen atoms in total. The molecule has 0 atom stereocenters. The molecule has 0 fully saturated rings. The SMILES string of the molecule is CCc1ccc(NC(=O)CO/N=C(\C)c2ccc3c(c2)OCCO3)cc1. The van der Waals surface area contributed by atoms with Crippen LogP contribution in [-0.2, 0) is 16.1 Å². The first-order chi connectivity index (χ1) is 12.7. The maximum absolute atomic E-state index is 11.9. The average molecular weight is 354 g/mol. The summed E-state index contributed by atoms with van der Waals surface area (Å²) >= 11 is 0. The lowest BCUT2D eigenvalue weighted by atomic mass is 10.1. The van der Waals surface area contributed by atoms with Crippen molar-refractivity contribution in [3.8, 4) is 11.5 Å². The van der Waals surface area contributed by atoms with E-state index in [1.54, 1.807) is 0 Å². The van der Waals surface area contributed by atoms with Crippen LogP contribution in [0.25, 0.3) is 0 Å². The molecule has 6 heteroatoms. The Morgan fingerprint density at radius 1 is 1.12 bits per heavy atom. The van der Waals surface area contributed by atoms with Crippen molar-refractivity contribution >= 4 is 17.3 Å². The van der Waals surface area contributed by atoms with Gasteiger partial charge in [0.1, 0.15) is 13.2 Å². The zero-order valence-corrected chi connectivity index (χ0v) is 15.0. The maximum atomic E-state index is 11.9. The Kier molecular flexibility index (Phi) is 5.73. The number of oxime groups is 1. The van der Waals surface area contributed by atoms with Crippen LogP contribution in [0.1, 0.15) is 25.0 Å². The van der Waals surface area contributed by atoms with E-state index < -0.39 is 0 Å². The first kappa shape index (κ1) is 17.8. The van der Waals surface area contributed by atoms with Gasteiger partial charge in [0.2, 0.25) is 0 Å². The lowest BCUT2D eigenvalue weighted by Gasteiger charge is -2.18. The third-order valence-electron chi connectivity index (χ3n) is 4.00. The van der Waals surface area contributed by atoms with Crippen molar-refractivity contribution in [1.82, 2.24) is 0 Å². The molecular weight excluding hydrogens is 332 g/mol. The molecule has 0 saturated carbocycles. The molecule has 1 aliphatic rings. The third-order valence-corrected chi connectivity index (χ3v) is 4.00. The fraction of sp³-hybridized carbons (Fsp3) is 0.300. The quantitative estimate of drug-likeness (QED) is 0.638. The van der Waals surface area contributed by atoms with Gasteiger partial charge in [0.25, 0.3) is 5.91 Å². The second kappa shape index (κ2) is 8.38. The number of hydrogen-bond donors (Lipinski definition) is 1. The minimum absolute atomic E-state index is 0.155. The minimum atomic E-state index is -0.257. The summed E-state index contributed by atoms with van der Waals surface area (Å²) in [4.78, 5) is 17.1. The zero-order chi connectivity index (χ0) is 18.4. The van der Waals surface area contributed by atoms with E-state index in [4.69, 9.17) is 14.3 Å². The number of carbonyl (C=O) groups is 1. The van der Waals surface area contributed by atoms with Gasteiger partial charge in [0, 0.05) is 11.3 Å². The number of benzene rings is 2. The summed E-state index contributed by atoms with van der Waals surface area (Å²) in [5, 5.41) is 6.79. The van der Waals surface area contributed by atoms with Crippen LogP contribution in [0.3, 0.4) is 0 Å². The fourth-order valence-electron chi connectivity index (χ4n) is 2.53. The topological polar surface area (TPSA) is 69.2 Å². The molecule has 0 radical (unpaired) electrons. The lowest BCUT2D eigenvalue weighted by molar-refractivity contribution is -0.120. The van der Waals surface area contributed by atoms with Gasteiger partial charge >= 0.3 is 0 Å². The number of fused-ring (bicyclic) bond motifs is 1. The number of ether oxygens (including phenoxy) is 2. The Morgan fingerprint density at radius 2 is 1.85 bits per heavy atom. The minimum Gasteiger partial charge on any atom is -0.486 e. The molecule has 0 unspecified atom stereocenters. The molecule has 26 heavy (non-hydrogen) atoms. The Balaban J connectivity index is 1.53. The number of aryl methyl sites for hydroxylation is 1. The molecule has 0 bridgehead atoms. The number of nitrogens with one attached hydrogen (secondary N) is 1. The van der Waals surface area contributed by atoms with Gasteiger partial charge in [-0.2, -0.15) is 0 Å². The number of amides is 1. The maximum Gasteiger partial charge on any atom is 0.265 e. The molecule has 136 valence electrons. The Labute approximate surface area is 152 Å². The molecule has 0 aromatic heterocycles. The van der Waals surface area contributed by atoms with Crippen molar-refractivity contribution in [2.45, 2.75) is 20.3 Å². The number of rotatable bonds is 6. The van der Waals surface area contributed by atoms with Gasteiger partial charge in [0.05, 0.1) is 5.71 Å². The van der Waals surface area contributed by atoms with Gasteiger partial charge < -0.3 is 19.6 Å². The molecule has 3 rings (SSSR count). The van der Waals surface area contributed by atoms with Crippen molar-refractivity contribution in [3.05, 3.63) is 53.6 Å². The van der Waals surface area contributed by atoms with E-state index in [2.05, 4.69) is 17.4 Å². The number of carbonyl (C=O) groups excluding carboxylic acids is 1. The Hall–Kier alpha value is -3.02. The molecule has 2 aromatic carbocycles. The summed E-state index contributed by atoms with van der Waals surface area (Å²) < 4.78 is 11.0. The van der Waals surface area contributed by atoms with E-state index in [9.17, 15) is 4.79 Å². The monoisotopic (exact) mass is 354 g/mol. The fourth-order valence-corrected chi connectivity index (χ4v) is 2.53. The van der Waals surface area contributed by atoms with Crippen LogP contribution in [0.15, 0.2) is 47.6 Å². The van der Waals surface area contributed by atoms with E-state index >= 15 is 0 Å². The van der Waals surface area contributed by atoms with Crippen LogP contribution in [0.5, 0.6) is 11.5 Å². The summed E-state index contributed by atoms with van der Waals surface area (Å²) in [7, 11) is 0. The van der Waals surface area contributed by atoms with Gasteiger partial charge in [-0.25, -0.2) is 0 Å². The molecule has 0 aliphatic carbocycles. The zero-order valence-electron chi connectivity index (χ0n) is 15.0. The van der Waals surface area contributed by atoms with Crippen LogP contribution in [-0.4, -0.2) is 31.4 Å². The predicted octanol–water partition coefficient (Wildman–Crippen LogP) is 3.40. The highest BCUT2D eigenvalue weighted by molar-refractivity contribution is 5.99. The highest BCUT2D eigenvalue weighted by atomic mass is 16.6. The first-order valence-electron chi connectivity index (χ1n) is 8.61. The Morgan fingerprint density at radius 3 is 2.58 bits per heavy atom. The second-order valence-electron chi connectivity index (χ2n) is 5.91.